The first kappa shape index (κ1) is 29.7. The molecule has 0 aliphatic heterocycles. The number of hydrogen-bond donors (Lipinski definition) is 1. The van der Waals surface area contributed by atoms with Crippen LogP contribution in [0.1, 0.15) is 112 Å². The van der Waals surface area contributed by atoms with Crippen LogP contribution in [0.15, 0.2) is 53.8 Å². The summed E-state index contributed by atoms with van der Waals surface area (Å²) in [5, 5.41) is 10.1. The van der Waals surface area contributed by atoms with E-state index in [0.29, 0.717) is 30.4 Å². The number of ether oxygens (including phenoxy) is 1. The molecule has 0 saturated heterocycles. The van der Waals surface area contributed by atoms with Crippen molar-refractivity contribution in [2.75, 3.05) is 0 Å². The zero-order valence-electron chi connectivity index (χ0n) is 27.0. The number of ketones is 1. The number of aliphatic hydroxyl groups excluding tert-OH is 1. The first-order valence-electron chi connectivity index (χ1n) is 16.4. The van der Waals surface area contributed by atoms with Crippen LogP contribution in [0.3, 0.4) is 0 Å². The number of esters is 1. The number of carbonyl (C=O) groups excluding carboxylic acids is 2. The fourth-order valence-corrected chi connectivity index (χ4v) is 11.4. The molecule has 228 valence electrons. The number of carbonyl (C=O) groups is 2. The van der Waals surface area contributed by atoms with E-state index >= 15 is 0 Å². The zero-order valence-corrected chi connectivity index (χ0v) is 27.0. The van der Waals surface area contributed by atoms with Gasteiger partial charge in [-0.3, -0.25) is 9.59 Å². The van der Waals surface area contributed by atoms with Crippen LogP contribution in [-0.2, 0) is 20.9 Å². The molecule has 0 spiro atoms. The maximum absolute atomic E-state index is 14.2. The Hall–Kier alpha value is -2.36. The Morgan fingerprint density at radius 2 is 1.64 bits per heavy atom. The summed E-state index contributed by atoms with van der Waals surface area (Å²) in [6.45, 7) is 16.8. The van der Waals surface area contributed by atoms with Gasteiger partial charge in [-0.15, -0.1) is 0 Å². The van der Waals surface area contributed by atoms with Crippen molar-refractivity contribution < 1.29 is 19.4 Å². The summed E-state index contributed by atoms with van der Waals surface area (Å²) in [6, 6.07) is 10.1. The van der Waals surface area contributed by atoms with Gasteiger partial charge in [0, 0.05) is 11.0 Å². The van der Waals surface area contributed by atoms with Crippen LogP contribution in [0.4, 0.5) is 0 Å². The van der Waals surface area contributed by atoms with Gasteiger partial charge in [0.25, 0.3) is 0 Å². The normalized spacial score (nSPS) is 42.8. The van der Waals surface area contributed by atoms with E-state index in [1.165, 1.54) is 5.57 Å². The number of fused-ring (bicyclic) bond motifs is 7. The third-order valence-electron chi connectivity index (χ3n) is 14.0. The molecule has 0 amide bonds. The van der Waals surface area contributed by atoms with Gasteiger partial charge in [-0.25, -0.2) is 0 Å². The van der Waals surface area contributed by atoms with E-state index in [1.807, 2.05) is 30.3 Å². The standard InChI is InChI=1S/C38H52O4/c1-33(2)17-19-38(32(41)42-24-25-11-9-8-10-12-25)20-18-36(6)27(28(38)22-33)13-14-30-35(5)21-26(23-39)31(40)34(3,4)29(35)15-16-37(30,36)7/h8-13,23,28-30,39H,14-22,24H2,1-7H3/t28-,29?,30?,35-,36+,37+,38-/m0/s1. The van der Waals surface area contributed by atoms with Gasteiger partial charge < -0.3 is 9.84 Å². The number of rotatable bonds is 3. The Labute approximate surface area is 253 Å². The van der Waals surface area contributed by atoms with Crippen LogP contribution < -0.4 is 0 Å². The first-order valence-corrected chi connectivity index (χ1v) is 16.4. The van der Waals surface area contributed by atoms with Crippen molar-refractivity contribution in [3.63, 3.8) is 0 Å². The molecule has 0 aromatic heterocycles. The van der Waals surface area contributed by atoms with Crippen molar-refractivity contribution >= 4 is 11.8 Å². The summed E-state index contributed by atoms with van der Waals surface area (Å²) in [7, 11) is 0. The monoisotopic (exact) mass is 572 g/mol. The minimum absolute atomic E-state index is 0.00279. The lowest BCUT2D eigenvalue weighted by Crippen LogP contribution is -2.65. The first-order chi connectivity index (χ1) is 19.6. The molecule has 1 aromatic carbocycles. The van der Waals surface area contributed by atoms with Gasteiger partial charge in [-0.05, 0) is 103 Å². The average Bonchev–Trinajstić information content (AvgIpc) is 2.94. The summed E-state index contributed by atoms with van der Waals surface area (Å²) in [5.74, 6) is 1.03. The molecule has 5 aliphatic carbocycles. The topological polar surface area (TPSA) is 63.6 Å². The highest BCUT2D eigenvalue weighted by molar-refractivity contribution is 6.00. The summed E-state index contributed by atoms with van der Waals surface area (Å²) in [4.78, 5) is 27.6. The van der Waals surface area contributed by atoms with E-state index in [-0.39, 0.29) is 39.3 Å². The third-order valence-corrected chi connectivity index (χ3v) is 14.0. The highest BCUT2D eigenvalue weighted by Gasteiger charge is 2.69. The van der Waals surface area contributed by atoms with E-state index in [0.717, 1.165) is 63.2 Å². The SMILES string of the molecule is CC1(C)CC[C@]2(C(=O)OCc3ccccc3)CC[C@]3(C)C(=CCC4[C@@]5(C)CC(=CO)C(=O)C(C)(C)C5CC[C@]43C)[C@@H]2C1. The van der Waals surface area contributed by atoms with Gasteiger partial charge in [0.05, 0.1) is 11.7 Å². The molecule has 4 heteroatoms. The van der Waals surface area contributed by atoms with Crippen LogP contribution in [0.25, 0.3) is 0 Å². The molecule has 2 unspecified atom stereocenters. The van der Waals surface area contributed by atoms with E-state index < -0.39 is 10.8 Å². The average molecular weight is 573 g/mol. The van der Waals surface area contributed by atoms with Crippen LogP contribution in [0, 0.1) is 50.2 Å². The van der Waals surface area contributed by atoms with Crippen LogP contribution in [-0.4, -0.2) is 16.9 Å². The van der Waals surface area contributed by atoms with Gasteiger partial charge in [-0.1, -0.05) is 90.4 Å². The molecule has 0 heterocycles. The second kappa shape index (κ2) is 9.57. The second-order valence-corrected chi connectivity index (χ2v) is 16.8. The van der Waals surface area contributed by atoms with Crippen molar-refractivity contribution in [3.05, 3.63) is 59.4 Å². The number of Topliss-reactive ketones (excluding diaryl/α,β-unsaturated/α-hetero) is 1. The lowest BCUT2D eigenvalue weighted by molar-refractivity contribution is -0.187. The summed E-state index contributed by atoms with van der Waals surface area (Å²) >= 11 is 0. The highest BCUT2D eigenvalue weighted by Crippen LogP contribution is 2.75. The molecule has 0 bridgehead atoms. The van der Waals surface area contributed by atoms with E-state index in [1.54, 1.807) is 0 Å². The predicted octanol–water partition coefficient (Wildman–Crippen LogP) is 9.15. The van der Waals surface area contributed by atoms with Gasteiger partial charge in [0.1, 0.15) is 6.61 Å². The van der Waals surface area contributed by atoms with Crippen molar-refractivity contribution in [1.82, 2.24) is 0 Å². The Kier molecular flexibility index (Phi) is 6.77. The Bertz CT molecular complexity index is 1340. The van der Waals surface area contributed by atoms with E-state index in [4.69, 9.17) is 4.74 Å². The molecule has 4 nitrogen and oxygen atoms in total. The molecule has 4 fully saturated rings. The zero-order chi connectivity index (χ0) is 30.3. The van der Waals surface area contributed by atoms with Gasteiger partial charge in [0.2, 0.25) is 0 Å². The fourth-order valence-electron chi connectivity index (χ4n) is 11.4. The van der Waals surface area contributed by atoms with Crippen LogP contribution >= 0.6 is 0 Å². The van der Waals surface area contributed by atoms with Crippen molar-refractivity contribution in [1.29, 1.82) is 0 Å². The van der Waals surface area contributed by atoms with Gasteiger partial charge in [0.15, 0.2) is 5.78 Å². The molecule has 1 aromatic rings. The molecule has 6 rings (SSSR count). The number of allylic oxidation sites excluding steroid dienone is 3. The van der Waals surface area contributed by atoms with Crippen molar-refractivity contribution in [2.45, 2.75) is 113 Å². The van der Waals surface area contributed by atoms with Crippen molar-refractivity contribution in [3.8, 4) is 0 Å². The minimum Gasteiger partial charge on any atom is -0.515 e. The summed E-state index contributed by atoms with van der Waals surface area (Å²) in [5.41, 5.74) is 2.38. The lowest BCUT2D eigenvalue weighted by Gasteiger charge is -2.70. The van der Waals surface area contributed by atoms with Crippen molar-refractivity contribution in [2.24, 2.45) is 50.2 Å². The van der Waals surface area contributed by atoms with E-state index in [9.17, 15) is 14.7 Å². The Morgan fingerprint density at radius 3 is 2.33 bits per heavy atom. The molecule has 5 aliphatic rings. The summed E-state index contributed by atoms with van der Waals surface area (Å²) in [6.07, 6.45) is 12.3. The fraction of sp³-hybridized carbons (Fsp3) is 0.684. The predicted molar refractivity (Wildman–Crippen MR) is 166 cm³/mol. The maximum Gasteiger partial charge on any atom is 0.313 e. The van der Waals surface area contributed by atoms with Gasteiger partial charge in [-0.2, -0.15) is 0 Å². The molecular weight excluding hydrogens is 520 g/mol. The smallest absolute Gasteiger partial charge is 0.313 e. The minimum atomic E-state index is -0.481. The molecule has 42 heavy (non-hydrogen) atoms. The quantitative estimate of drug-likeness (QED) is 0.170. The lowest BCUT2D eigenvalue weighted by atomic mass is 9.33. The number of hydrogen-bond acceptors (Lipinski definition) is 4. The molecule has 0 radical (unpaired) electrons. The Balaban J connectivity index is 1.39. The second-order valence-electron chi connectivity index (χ2n) is 16.8. The highest BCUT2D eigenvalue weighted by atomic mass is 16.5. The maximum atomic E-state index is 14.2. The van der Waals surface area contributed by atoms with Crippen LogP contribution in [0.2, 0.25) is 0 Å². The van der Waals surface area contributed by atoms with Gasteiger partial charge >= 0.3 is 5.97 Å². The molecule has 7 atom stereocenters. The number of benzene rings is 1. The molecule has 1 N–H and O–H groups in total. The third kappa shape index (κ3) is 3.98. The van der Waals surface area contributed by atoms with E-state index in [2.05, 4.69) is 54.5 Å². The summed E-state index contributed by atoms with van der Waals surface area (Å²) < 4.78 is 6.16. The largest absolute Gasteiger partial charge is 0.515 e. The Morgan fingerprint density at radius 1 is 0.952 bits per heavy atom. The van der Waals surface area contributed by atoms with Crippen LogP contribution in [0.5, 0.6) is 0 Å². The molecular formula is C38H52O4. The number of aliphatic hydroxyl groups is 1. The molecule has 4 saturated carbocycles.